The van der Waals surface area contributed by atoms with Crippen molar-refractivity contribution in [3.05, 3.63) is 58.9 Å². The highest BCUT2D eigenvalue weighted by Crippen LogP contribution is 2.34. The van der Waals surface area contributed by atoms with Gasteiger partial charge in [-0.2, -0.15) is 10.4 Å². The minimum absolute atomic E-state index is 0.0164. The van der Waals surface area contributed by atoms with Crippen LogP contribution < -0.4 is 5.32 Å². The number of hydrogen-bond acceptors (Lipinski definition) is 6. The Morgan fingerprint density at radius 2 is 2.21 bits per heavy atom. The van der Waals surface area contributed by atoms with Gasteiger partial charge >= 0.3 is 5.97 Å². The van der Waals surface area contributed by atoms with E-state index in [2.05, 4.69) is 25.4 Å². The summed E-state index contributed by atoms with van der Waals surface area (Å²) in [5.74, 6) is -2.01. The predicted molar refractivity (Wildman–Crippen MR) is 125 cm³/mol. The van der Waals surface area contributed by atoms with E-state index in [0.717, 1.165) is 6.07 Å². The third kappa shape index (κ3) is 4.30. The zero-order valence-corrected chi connectivity index (χ0v) is 19.4. The smallest absolute Gasteiger partial charge is 0.305 e. The lowest BCUT2D eigenvalue weighted by Crippen LogP contribution is -2.42. The summed E-state index contributed by atoms with van der Waals surface area (Å²) < 4.78 is 16.7. The molecule has 1 unspecified atom stereocenters. The van der Waals surface area contributed by atoms with E-state index in [1.807, 2.05) is 19.9 Å². The van der Waals surface area contributed by atoms with Crippen molar-refractivity contribution < 1.29 is 14.3 Å². The Morgan fingerprint density at radius 3 is 2.85 bits per heavy atom. The number of carbonyl (C=O) groups is 1. The van der Waals surface area contributed by atoms with E-state index in [-0.39, 0.29) is 23.5 Å². The van der Waals surface area contributed by atoms with Crippen molar-refractivity contribution >= 4 is 34.4 Å². The molecule has 174 valence electrons. The van der Waals surface area contributed by atoms with E-state index in [0.29, 0.717) is 27.3 Å². The van der Waals surface area contributed by atoms with Gasteiger partial charge in [-0.05, 0) is 18.2 Å². The minimum Gasteiger partial charge on any atom is -0.481 e. The van der Waals surface area contributed by atoms with Crippen LogP contribution in [0.15, 0.2) is 36.8 Å². The SMILES string of the molecule is Cn1ccc(C(C)(C)C(CC(=O)O)Nc2nc(-c3c[nH]c4ncc(Cl)cc34)c(C#N)cc2F)n1. The lowest BCUT2D eigenvalue weighted by atomic mass is 9.79. The summed E-state index contributed by atoms with van der Waals surface area (Å²) in [5, 5.41) is 27.5. The number of fused-ring (bicyclic) bond motifs is 1. The van der Waals surface area contributed by atoms with Crippen LogP contribution in [0, 0.1) is 17.1 Å². The van der Waals surface area contributed by atoms with Crippen LogP contribution >= 0.6 is 11.6 Å². The summed E-state index contributed by atoms with van der Waals surface area (Å²) in [4.78, 5) is 23.3. The molecule has 1 atom stereocenters. The molecule has 0 fully saturated rings. The molecule has 0 saturated carbocycles. The summed E-state index contributed by atoms with van der Waals surface area (Å²) >= 11 is 6.10. The first-order chi connectivity index (χ1) is 16.1. The molecule has 4 heterocycles. The fourth-order valence-corrected chi connectivity index (χ4v) is 3.98. The molecule has 34 heavy (non-hydrogen) atoms. The number of nitrogens with zero attached hydrogens (tertiary/aromatic N) is 5. The van der Waals surface area contributed by atoms with E-state index in [1.54, 1.807) is 36.3 Å². The number of rotatable bonds is 7. The molecule has 0 aromatic carbocycles. The molecule has 0 bridgehead atoms. The number of carboxylic acid groups (broad SMARTS) is 1. The van der Waals surface area contributed by atoms with Crippen molar-refractivity contribution in [2.24, 2.45) is 7.05 Å². The van der Waals surface area contributed by atoms with Crippen molar-refractivity contribution in [2.75, 3.05) is 5.32 Å². The average molecular weight is 482 g/mol. The molecule has 4 rings (SSSR count). The first-order valence-corrected chi connectivity index (χ1v) is 10.7. The van der Waals surface area contributed by atoms with Crippen LogP contribution in [-0.4, -0.2) is 41.9 Å². The fourth-order valence-electron chi connectivity index (χ4n) is 3.82. The van der Waals surface area contributed by atoms with E-state index in [1.165, 1.54) is 6.20 Å². The number of aliphatic carboxylic acids is 1. The Balaban J connectivity index is 1.81. The Morgan fingerprint density at radius 1 is 1.44 bits per heavy atom. The average Bonchev–Trinajstić information content (AvgIpc) is 3.40. The first-order valence-electron chi connectivity index (χ1n) is 10.3. The molecule has 9 nitrogen and oxygen atoms in total. The topological polar surface area (TPSA) is 133 Å². The lowest BCUT2D eigenvalue weighted by molar-refractivity contribution is -0.137. The first kappa shape index (κ1) is 23.2. The lowest BCUT2D eigenvalue weighted by Gasteiger charge is -2.33. The van der Waals surface area contributed by atoms with Crippen LogP contribution in [0.3, 0.4) is 0 Å². The Labute approximate surface area is 199 Å². The van der Waals surface area contributed by atoms with Crippen molar-refractivity contribution in [1.29, 1.82) is 5.26 Å². The van der Waals surface area contributed by atoms with Crippen LogP contribution in [-0.2, 0) is 17.3 Å². The highest BCUT2D eigenvalue weighted by Gasteiger charge is 2.36. The molecule has 4 aromatic rings. The quantitative estimate of drug-likeness (QED) is 0.359. The Hall–Kier alpha value is -3.97. The molecular formula is C23H21ClFN7O2. The highest BCUT2D eigenvalue weighted by atomic mass is 35.5. The number of aromatic nitrogens is 5. The van der Waals surface area contributed by atoms with E-state index in [9.17, 15) is 15.2 Å². The normalized spacial score (nSPS) is 12.5. The van der Waals surface area contributed by atoms with Crippen molar-refractivity contribution in [3.63, 3.8) is 0 Å². The summed E-state index contributed by atoms with van der Waals surface area (Å²) in [6, 6.07) is 5.74. The van der Waals surface area contributed by atoms with Crippen LogP contribution in [0.2, 0.25) is 5.02 Å². The molecule has 0 amide bonds. The number of aryl methyl sites for hydroxylation is 1. The van der Waals surface area contributed by atoms with Crippen molar-refractivity contribution in [2.45, 2.75) is 31.7 Å². The monoisotopic (exact) mass is 481 g/mol. The summed E-state index contributed by atoms with van der Waals surface area (Å²) in [6.07, 6.45) is 4.54. The van der Waals surface area contributed by atoms with Crippen molar-refractivity contribution in [3.8, 4) is 17.3 Å². The molecule has 11 heteroatoms. The van der Waals surface area contributed by atoms with Gasteiger partial charge in [-0.3, -0.25) is 9.48 Å². The summed E-state index contributed by atoms with van der Waals surface area (Å²) in [7, 11) is 1.76. The molecule has 4 aromatic heterocycles. The van der Waals surface area contributed by atoms with Gasteiger partial charge in [0.1, 0.15) is 11.7 Å². The summed E-state index contributed by atoms with van der Waals surface area (Å²) in [5.41, 5.74) is 1.13. The fraction of sp³-hybridized carbons (Fsp3) is 0.261. The number of halogens is 2. The number of carboxylic acids is 1. The number of nitrogens with one attached hydrogen (secondary N) is 2. The maximum absolute atomic E-state index is 15.0. The van der Waals surface area contributed by atoms with Crippen LogP contribution in [0.1, 0.15) is 31.5 Å². The number of pyridine rings is 2. The zero-order chi connectivity index (χ0) is 24.6. The van der Waals surface area contributed by atoms with Gasteiger partial charge in [0.15, 0.2) is 11.6 Å². The second-order valence-electron chi connectivity index (χ2n) is 8.47. The van der Waals surface area contributed by atoms with Gasteiger partial charge in [-0.15, -0.1) is 0 Å². The number of anilines is 1. The third-order valence-electron chi connectivity index (χ3n) is 5.78. The standard InChI is InChI=1S/C23H21ClFN7O2/c1-23(2,17-4-5-32(3)31-17)18(8-19(33)34)29-22-16(25)6-12(9-26)20(30-22)15-11-28-21-14(15)7-13(24)10-27-21/h4-7,10-11,18H,8H2,1-3H3,(H,27,28)(H,29,30)(H,33,34). The van der Waals surface area contributed by atoms with Crippen LogP contribution in [0.25, 0.3) is 22.3 Å². The second kappa shape index (κ2) is 8.76. The van der Waals surface area contributed by atoms with Gasteiger partial charge in [0.2, 0.25) is 0 Å². The molecule has 3 N–H and O–H groups in total. The van der Waals surface area contributed by atoms with Crippen molar-refractivity contribution in [1.82, 2.24) is 24.7 Å². The molecular weight excluding hydrogens is 461 g/mol. The van der Waals surface area contributed by atoms with E-state index < -0.39 is 23.2 Å². The molecule has 0 aliphatic heterocycles. The van der Waals surface area contributed by atoms with Crippen LogP contribution in [0.5, 0.6) is 0 Å². The Bertz CT molecular complexity index is 1440. The van der Waals surface area contributed by atoms with Crippen LogP contribution in [0.4, 0.5) is 10.2 Å². The van der Waals surface area contributed by atoms with Gasteiger partial charge < -0.3 is 15.4 Å². The predicted octanol–water partition coefficient (Wildman–Crippen LogP) is 4.26. The number of H-pyrrole nitrogens is 1. The van der Waals surface area contributed by atoms with Gasteiger partial charge in [0, 0.05) is 48.0 Å². The van der Waals surface area contributed by atoms with Gasteiger partial charge in [-0.25, -0.2) is 14.4 Å². The van der Waals surface area contributed by atoms with E-state index >= 15 is 4.39 Å². The molecule has 0 aliphatic rings. The second-order valence-corrected chi connectivity index (χ2v) is 8.91. The number of hydrogen-bond donors (Lipinski definition) is 3. The minimum atomic E-state index is -1.06. The number of nitriles is 1. The van der Waals surface area contributed by atoms with E-state index in [4.69, 9.17) is 11.6 Å². The largest absolute Gasteiger partial charge is 0.481 e. The molecule has 0 saturated heterocycles. The molecule has 0 radical (unpaired) electrons. The third-order valence-corrected chi connectivity index (χ3v) is 5.99. The maximum Gasteiger partial charge on any atom is 0.305 e. The Kier molecular flexibility index (Phi) is 5.98. The molecule has 0 spiro atoms. The maximum atomic E-state index is 15.0. The summed E-state index contributed by atoms with van der Waals surface area (Å²) in [6.45, 7) is 3.65. The zero-order valence-electron chi connectivity index (χ0n) is 18.6. The van der Waals surface area contributed by atoms with Gasteiger partial charge in [0.05, 0.1) is 28.4 Å². The van der Waals surface area contributed by atoms with Gasteiger partial charge in [0.25, 0.3) is 0 Å². The highest BCUT2D eigenvalue weighted by molar-refractivity contribution is 6.31. The number of aromatic amines is 1. The molecule has 0 aliphatic carbocycles. The van der Waals surface area contributed by atoms with Gasteiger partial charge in [-0.1, -0.05) is 25.4 Å².